The molecule has 488 valence electrons. The number of carbonyl (C=O) groups is 3. The molecule has 0 fully saturated rings. The fraction of sp³-hybridized carbons (Fsp3) is 0.883. The number of allylic oxidation sites excluding steroid dienone is 6. The van der Waals surface area contributed by atoms with Crippen LogP contribution in [0.4, 0.5) is 0 Å². The summed E-state index contributed by atoms with van der Waals surface area (Å²) in [5, 5.41) is 0. The van der Waals surface area contributed by atoms with Crippen LogP contribution >= 0.6 is 0 Å². The topological polar surface area (TPSA) is 78.9 Å². The van der Waals surface area contributed by atoms with Gasteiger partial charge in [-0.05, 0) is 57.8 Å². The van der Waals surface area contributed by atoms with Crippen LogP contribution in [0.3, 0.4) is 0 Å². The molecule has 0 bridgehead atoms. The van der Waals surface area contributed by atoms with Gasteiger partial charge >= 0.3 is 17.9 Å². The first-order valence-corrected chi connectivity index (χ1v) is 37.5. The Bertz CT molecular complexity index is 1380. The van der Waals surface area contributed by atoms with E-state index in [-0.39, 0.29) is 31.1 Å². The number of unbranched alkanes of at least 4 members (excludes halogenated alkanes) is 53. The van der Waals surface area contributed by atoms with Crippen molar-refractivity contribution in [1.82, 2.24) is 0 Å². The Hall–Kier alpha value is -2.37. The van der Waals surface area contributed by atoms with Gasteiger partial charge < -0.3 is 14.2 Å². The number of hydrogen-bond donors (Lipinski definition) is 0. The van der Waals surface area contributed by atoms with Crippen LogP contribution in [-0.2, 0) is 28.6 Å². The molecule has 6 heteroatoms. The highest BCUT2D eigenvalue weighted by molar-refractivity contribution is 5.71. The molecule has 0 N–H and O–H groups in total. The van der Waals surface area contributed by atoms with Crippen molar-refractivity contribution < 1.29 is 28.6 Å². The van der Waals surface area contributed by atoms with E-state index in [1.54, 1.807) is 0 Å². The zero-order chi connectivity index (χ0) is 59.9. The second-order valence-corrected chi connectivity index (χ2v) is 25.6. The average Bonchev–Trinajstić information content (AvgIpc) is 3.49. The Labute approximate surface area is 518 Å². The minimum Gasteiger partial charge on any atom is -0.462 e. The van der Waals surface area contributed by atoms with Crippen LogP contribution < -0.4 is 0 Å². The van der Waals surface area contributed by atoms with E-state index in [4.69, 9.17) is 14.2 Å². The van der Waals surface area contributed by atoms with Crippen LogP contribution in [0.2, 0.25) is 0 Å². The monoisotopic (exact) mass is 1170 g/mol. The summed E-state index contributed by atoms with van der Waals surface area (Å²) in [6, 6.07) is 0. The summed E-state index contributed by atoms with van der Waals surface area (Å²) in [6.45, 7) is 6.72. The molecule has 0 aliphatic rings. The second kappa shape index (κ2) is 72.1. The van der Waals surface area contributed by atoms with Crippen LogP contribution in [0.5, 0.6) is 0 Å². The van der Waals surface area contributed by atoms with Gasteiger partial charge in [0.25, 0.3) is 0 Å². The summed E-state index contributed by atoms with van der Waals surface area (Å²) in [6.07, 6.45) is 90.4. The maximum atomic E-state index is 13.0. The highest BCUT2D eigenvalue weighted by Crippen LogP contribution is 2.19. The zero-order valence-electron chi connectivity index (χ0n) is 56.2. The first-order valence-electron chi connectivity index (χ1n) is 37.5. The van der Waals surface area contributed by atoms with E-state index in [0.717, 1.165) is 70.6 Å². The van der Waals surface area contributed by atoms with Crippen LogP contribution in [0.25, 0.3) is 0 Å². The lowest BCUT2D eigenvalue weighted by Gasteiger charge is -2.18. The van der Waals surface area contributed by atoms with Gasteiger partial charge in [0.2, 0.25) is 0 Å². The summed E-state index contributed by atoms with van der Waals surface area (Å²) in [5.41, 5.74) is 0. The van der Waals surface area contributed by atoms with E-state index in [0.29, 0.717) is 19.3 Å². The molecule has 0 aromatic rings. The Kier molecular flexibility index (Phi) is 70.0. The number of ether oxygens (including phenoxy) is 3. The molecular weight excluding hydrogens is 1020 g/mol. The third-order valence-corrected chi connectivity index (χ3v) is 17.1. The first kappa shape index (κ1) is 80.6. The van der Waals surface area contributed by atoms with Crippen molar-refractivity contribution in [3.8, 4) is 0 Å². The highest BCUT2D eigenvalue weighted by atomic mass is 16.6. The van der Waals surface area contributed by atoms with Crippen molar-refractivity contribution in [3.05, 3.63) is 36.5 Å². The molecule has 83 heavy (non-hydrogen) atoms. The molecule has 0 heterocycles. The smallest absolute Gasteiger partial charge is 0.306 e. The Balaban J connectivity index is 4.25. The molecule has 0 saturated heterocycles. The maximum Gasteiger partial charge on any atom is 0.306 e. The van der Waals surface area contributed by atoms with Gasteiger partial charge in [-0.1, -0.05) is 378 Å². The molecular formula is C77H144O6. The van der Waals surface area contributed by atoms with Crippen molar-refractivity contribution in [2.75, 3.05) is 13.2 Å². The van der Waals surface area contributed by atoms with E-state index >= 15 is 0 Å². The number of rotatable bonds is 70. The summed E-state index contributed by atoms with van der Waals surface area (Å²) < 4.78 is 17.0. The van der Waals surface area contributed by atoms with Gasteiger partial charge in [0.1, 0.15) is 13.2 Å². The molecule has 6 nitrogen and oxygen atoms in total. The van der Waals surface area contributed by atoms with Crippen LogP contribution in [-0.4, -0.2) is 37.2 Å². The molecule has 0 aromatic heterocycles. The van der Waals surface area contributed by atoms with Crippen LogP contribution in [0, 0.1) is 0 Å². The maximum absolute atomic E-state index is 13.0. The molecule has 1 unspecified atom stereocenters. The van der Waals surface area contributed by atoms with Crippen molar-refractivity contribution in [1.29, 1.82) is 0 Å². The van der Waals surface area contributed by atoms with Crippen molar-refractivity contribution >= 4 is 17.9 Å². The lowest BCUT2D eigenvalue weighted by atomic mass is 10.0. The minimum absolute atomic E-state index is 0.0656. The van der Waals surface area contributed by atoms with Crippen molar-refractivity contribution in [2.45, 2.75) is 425 Å². The number of hydrogen-bond acceptors (Lipinski definition) is 6. The van der Waals surface area contributed by atoms with E-state index in [1.165, 1.54) is 308 Å². The fourth-order valence-electron chi connectivity index (χ4n) is 11.5. The fourth-order valence-corrected chi connectivity index (χ4v) is 11.5. The molecule has 0 aromatic carbocycles. The molecule has 0 radical (unpaired) electrons. The molecule has 0 rings (SSSR count). The van der Waals surface area contributed by atoms with E-state index in [2.05, 4.69) is 57.2 Å². The third kappa shape index (κ3) is 70.3. The lowest BCUT2D eigenvalue weighted by molar-refractivity contribution is -0.167. The summed E-state index contributed by atoms with van der Waals surface area (Å²) in [4.78, 5) is 38.5. The molecule has 0 aliphatic heterocycles. The van der Waals surface area contributed by atoms with Gasteiger partial charge in [0, 0.05) is 19.3 Å². The van der Waals surface area contributed by atoms with E-state index < -0.39 is 6.10 Å². The molecule has 1 atom stereocenters. The van der Waals surface area contributed by atoms with Crippen molar-refractivity contribution in [3.63, 3.8) is 0 Å². The normalized spacial score (nSPS) is 12.2. The largest absolute Gasteiger partial charge is 0.462 e. The third-order valence-electron chi connectivity index (χ3n) is 17.1. The summed E-state index contributed by atoms with van der Waals surface area (Å²) >= 11 is 0. The average molecular weight is 1170 g/mol. The Morgan fingerprint density at radius 1 is 0.241 bits per heavy atom. The highest BCUT2D eigenvalue weighted by Gasteiger charge is 2.20. The Morgan fingerprint density at radius 3 is 0.675 bits per heavy atom. The predicted molar refractivity (Wildman–Crippen MR) is 362 cm³/mol. The summed E-state index contributed by atoms with van der Waals surface area (Å²) in [5.74, 6) is -0.832. The standard InChI is InChI=1S/C77H144O6/c1-4-7-10-13-16-19-22-25-28-30-32-34-36-37-38-39-41-42-44-46-49-52-55-58-61-64-67-70-76(79)82-73-74(72-81-75(78)69-66-63-60-57-54-51-48-27-24-21-18-15-12-9-6-3)83-77(80)71-68-65-62-59-56-53-50-47-45-43-40-35-33-31-29-26-23-20-17-14-11-8-5-2/h22,25,30,32,36-37,74H,4-21,23-24,26-29,31,33-35,38-73H2,1-3H3/b25-22-,32-30-,37-36-. The van der Waals surface area contributed by atoms with Gasteiger partial charge in [-0.25, -0.2) is 0 Å². The molecule has 0 spiro atoms. The van der Waals surface area contributed by atoms with E-state index in [1.807, 2.05) is 0 Å². The van der Waals surface area contributed by atoms with Gasteiger partial charge in [-0.15, -0.1) is 0 Å². The van der Waals surface area contributed by atoms with E-state index in [9.17, 15) is 14.4 Å². The summed E-state index contributed by atoms with van der Waals surface area (Å²) in [7, 11) is 0. The lowest BCUT2D eigenvalue weighted by Crippen LogP contribution is -2.30. The quantitative estimate of drug-likeness (QED) is 0.0261. The molecule has 0 aliphatic carbocycles. The predicted octanol–water partition coefficient (Wildman–Crippen LogP) is 25.9. The number of esters is 3. The minimum atomic E-state index is -0.770. The van der Waals surface area contributed by atoms with Gasteiger partial charge in [0.15, 0.2) is 6.10 Å². The van der Waals surface area contributed by atoms with Gasteiger partial charge in [0.05, 0.1) is 0 Å². The van der Waals surface area contributed by atoms with Crippen LogP contribution in [0.15, 0.2) is 36.5 Å². The van der Waals surface area contributed by atoms with Gasteiger partial charge in [-0.3, -0.25) is 14.4 Å². The SMILES string of the molecule is CCCCCCC/C=C\C/C=C\C/C=C\CCCCCCCCCCCCCCC(=O)OCC(COC(=O)CCCCCCCCCCCCCCCCC)OC(=O)CCCCCCCCCCCCCCCCCCCCCCCCC. The Morgan fingerprint density at radius 2 is 0.434 bits per heavy atom. The second-order valence-electron chi connectivity index (χ2n) is 25.6. The van der Waals surface area contributed by atoms with Crippen molar-refractivity contribution in [2.24, 2.45) is 0 Å². The van der Waals surface area contributed by atoms with Gasteiger partial charge in [-0.2, -0.15) is 0 Å². The zero-order valence-corrected chi connectivity index (χ0v) is 56.2. The molecule has 0 amide bonds. The first-order chi connectivity index (χ1) is 41.0. The molecule has 0 saturated carbocycles. The van der Waals surface area contributed by atoms with Crippen LogP contribution in [0.1, 0.15) is 419 Å². The number of carbonyl (C=O) groups excluding carboxylic acids is 3.